The van der Waals surface area contributed by atoms with Crippen LogP contribution in [-0.4, -0.2) is 12.1 Å². The summed E-state index contributed by atoms with van der Waals surface area (Å²) in [6.07, 6.45) is 2.99. The van der Waals surface area contributed by atoms with Gasteiger partial charge in [0, 0.05) is 24.4 Å². The van der Waals surface area contributed by atoms with Gasteiger partial charge in [-0.1, -0.05) is 0 Å². The number of nitrogens with one attached hydrogen (secondary N) is 1. The molecular formula is C8H12F2N2. The van der Waals surface area contributed by atoms with Crippen molar-refractivity contribution in [3.8, 4) is 0 Å². The zero-order valence-corrected chi connectivity index (χ0v) is 7.07. The molecule has 0 saturated heterocycles. The van der Waals surface area contributed by atoms with Crippen molar-refractivity contribution in [1.82, 2.24) is 0 Å². The summed E-state index contributed by atoms with van der Waals surface area (Å²) < 4.78 is 25.3. The molecule has 68 valence electrons. The maximum atomic E-state index is 12.7. The molecule has 0 rings (SSSR count). The minimum atomic E-state index is -2.95. The maximum absolute atomic E-state index is 12.7. The van der Waals surface area contributed by atoms with Gasteiger partial charge in [0.1, 0.15) is 0 Å². The second-order valence-electron chi connectivity index (χ2n) is 2.57. The first-order valence-corrected chi connectivity index (χ1v) is 3.40. The lowest BCUT2D eigenvalue weighted by Gasteiger charge is -2.10. The van der Waals surface area contributed by atoms with Crippen LogP contribution < -0.4 is 5.73 Å². The van der Waals surface area contributed by atoms with E-state index in [1.165, 1.54) is 6.92 Å². The van der Waals surface area contributed by atoms with Gasteiger partial charge in [0.25, 0.3) is 5.92 Å². The molecule has 0 bridgehead atoms. The van der Waals surface area contributed by atoms with Crippen LogP contribution in [0.5, 0.6) is 0 Å². The molecule has 0 radical (unpaired) electrons. The van der Waals surface area contributed by atoms with Crippen LogP contribution >= 0.6 is 0 Å². The molecule has 2 nitrogen and oxygen atoms in total. The highest BCUT2D eigenvalue weighted by Crippen LogP contribution is 2.23. The Labute approximate surface area is 70.3 Å². The predicted molar refractivity (Wildman–Crippen MR) is 45.4 cm³/mol. The average molecular weight is 174 g/mol. The normalized spacial score (nSPS) is 14.7. The summed E-state index contributed by atoms with van der Waals surface area (Å²) in [6, 6.07) is 0. The highest BCUT2D eigenvalue weighted by molar-refractivity contribution is 5.70. The fourth-order valence-corrected chi connectivity index (χ4v) is 0.656. The summed E-state index contributed by atoms with van der Waals surface area (Å²) in [5, 5.41) is 6.65. The van der Waals surface area contributed by atoms with E-state index in [0.717, 1.165) is 25.3 Å². The molecule has 0 fully saturated rings. The lowest BCUT2D eigenvalue weighted by molar-refractivity contribution is 0.0675. The molecule has 0 unspecified atom stereocenters. The third-order valence-corrected chi connectivity index (χ3v) is 1.15. The zero-order chi connectivity index (χ0) is 9.78. The summed E-state index contributed by atoms with van der Waals surface area (Å²) in [7, 11) is 0. The van der Waals surface area contributed by atoms with E-state index in [2.05, 4.69) is 0 Å². The highest BCUT2D eigenvalue weighted by atomic mass is 19.3. The summed E-state index contributed by atoms with van der Waals surface area (Å²) >= 11 is 0. The van der Waals surface area contributed by atoms with Crippen LogP contribution in [0.15, 0.2) is 23.4 Å². The number of rotatable bonds is 3. The third-order valence-electron chi connectivity index (χ3n) is 1.15. The second kappa shape index (κ2) is 3.99. The van der Waals surface area contributed by atoms with Crippen LogP contribution in [0.2, 0.25) is 0 Å². The third kappa shape index (κ3) is 3.85. The Balaban J connectivity index is 4.82. The Hall–Kier alpha value is -1.19. The standard InChI is InChI=1S/C8H12F2N2/c1-6(12)5-7(3-4-11)8(2,9)10/h3-5,11H,12H2,1-2H3/b6-5+,7-3+,11-4?. The summed E-state index contributed by atoms with van der Waals surface area (Å²) in [4.78, 5) is 0. The molecule has 0 aliphatic heterocycles. The van der Waals surface area contributed by atoms with Gasteiger partial charge in [-0.2, -0.15) is 0 Å². The van der Waals surface area contributed by atoms with E-state index in [-0.39, 0.29) is 5.57 Å². The smallest absolute Gasteiger partial charge is 0.270 e. The molecule has 3 N–H and O–H groups in total. The van der Waals surface area contributed by atoms with Gasteiger partial charge in [0.05, 0.1) is 0 Å². The topological polar surface area (TPSA) is 49.9 Å². The molecule has 0 amide bonds. The van der Waals surface area contributed by atoms with Crippen molar-refractivity contribution in [2.45, 2.75) is 19.8 Å². The van der Waals surface area contributed by atoms with Crippen LogP contribution in [-0.2, 0) is 0 Å². The monoisotopic (exact) mass is 174 g/mol. The number of hydrogen-bond donors (Lipinski definition) is 2. The van der Waals surface area contributed by atoms with Gasteiger partial charge >= 0.3 is 0 Å². The van der Waals surface area contributed by atoms with Crippen molar-refractivity contribution in [3.63, 3.8) is 0 Å². The molecule has 0 spiro atoms. The van der Waals surface area contributed by atoms with Gasteiger partial charge in [-0.3, -0.25) is 0 Å². The Morgan fingerprint density at radius 1 is 1.50 bits per heavy atom. The van der Waals surface area contributed by atoms with E-state index in [9.17, 15) is 8.78 Å². The number of halogens is 2. The molecule has 0 aliphatic carbocycles. The van der Waals surface area contributed by atoms with Crippen molar-refractivity contribution in [2.75, 3.05) is 0 Å². The Bertz CT molecular complexity index is 220. The van der Waals surface area contributed by atoms with E-state index in [1.54, 1.807) is 0 Å². The van der Waals surface area contributed by atoms with Crippen LogP contribution in [0, 0.1) is 5.41 Å². The quantitative estimate of drug-likeness (QED) is 0.499. The van der Waals surface area contributed by atoms with Gasteiger partial charge in [0.2, 0.25) is 0 Å². The number of nitrogens with two attached hydrogens (primary N) is 1. The van der Waals surface area contributed by atoms with E-state index in [4.69, 9.17) is 11.1 Å². The first-order valence-electron chi connectivity index (χ1n) is 3.40. The molecule has 0 aromatic carbocycles. The van der Waals surface area contributed by atoms with Crippen LogP contribution in [0.4, 0.5) is 8.78 Å². The fraction of sp³-hybridized carbons (Fsp3) is 0.375. The first-order chi connectivity index (χ1) is 5.38. The summed E-state index contributed by atoms with van der Waals surface area (Å²) in [5.74, 6) is -2.95. The minimum Gasteiger partial charge on any atom is -0.402 e. The average Bonchev–Trinajstić information content (AvgIpc) is 1.83. The van der Waals surface area contributed by atoms with Crippen molar-refractivity contribution in [1.29, 1.82) is 5.41 Å². The van der Waals surface area contributed by atoms with Crippen molar-refractivity contribution < 1.29 is 8.78 Å². The van der Waals surface area contributed by atoms with Crippen LogP contribution in [0.3, 0.4) is 0 Å². The molecule has 0 aromatic rings. The lowest BCUT2D eigenvalue weighted by atomic mass is 10.1. The second-order valence-corrected chi connectivity index (χ2v) is 2.57. The maximum Gasteiger partial charge on any atom is 0.270 e. The van der Waals surface area contributed by atoms with E-state index in [1.807, 2.05) is 0 Å². The van der Waals surface area contributed by atoms with Gasteiger partial charge in [-0.05, 0) is 19.1 Å². The van der Waals surface area contributed by atoms with Crippen LogP contribution in [0.1, 0.15) is 13.8 Å². The first kappa shape index (κ1) is 10.8. The van der Waals surface area contributed by atoms with Gasteiger partial charge < -0.3 is 11.1 Å². The molecule has 0 saturated carbocycles. The Morgan fingerprint density at radius 3 is 2.25 bits per heavy atom. The van der Waals surface area contributed by atoms with E-state index >= 15 is 0 Å². The van der Waals surface area contributed by atoms with Crippen LogP contribution in [0.25, 0.3) is 0 Å². The lowest BCUT2D eigenvalue weighted by Crippen LogP contribution is -2.13. The molecule has 0 heterocycles. The number of hydrogen-bond acceptors (Lipinski definition) is 2. The SMILES string of the molecule is C/C(N)=C\C(=C/C=N)C(C)(F)F. The van der Waals surface area contributed by atoms with Gasteiger partial charge in [-0.15, -0.1) is 0 Å². The van der Waals surface area contributed by atoms with Gasteiger partial charge in [0.15, 0.2) is 0 Å². The largest absolute Gasteiger partial charge is 0.402 e. The van der Waals surface area contributed by atoms with E-state index < -0.39 is 5.92 Å². The molecule has 4 heteroatoms. The van der Waals surface area contributed by atoms with Crippen molar-refractivity contribution in [3.05, 3.63) is 23.4 Å². The van der Waals surface area contributed by atoms with Crippen molar-refractivity contribution in [2.24, 2.45) is 5.73 Å². The molecule has 0 aromatic heterocycles. The van der Waals surface area contributed by atoms with Crippen molar-refractivity contribution >= 4 is 6.21 Å². The zero-order valence-electron chi connectivity index (χ0n) is 7.07. The summed E-state index contributed by atoms with van der Waals surface area (Å²) in [6.45, 7) is 2.28. The minimum absolute atomic E-state index is 0.252. The molecular weight excluding hydrogens is 162 g/mol. The van der Waals surface area contributed by atoms with E-state index in [0.29, 0.717) is 5.70 Å². The molecule has 0 aliphatic rings. The van der Waals surface area contributed by atoms with Gasteiger partial charge in [-0.25, -0.2) is 8.78 Å². The summed E-state index contributed by atoms with van der Waals surface area (Å²) in [5.41, 5.74) is 5.28. The Morgan fingerprint density at radius 2 is 2.00 bits per heavy atom. The number of alkyl halides is 2. The fourth-order valence-electron chi connectivity index (χ4n) is 0.656. The molecule has 0 atom stereocenters. The number of allylic oxidation sites excluding steroid dienone is 4. The predicted octanol–water partition coefficient (Wildman–Crippen LogP) is 2.08. The Kier molecular flexibility index (Phi) is 3.60. The molecule has 12 heavy (non-hydrogen) atoms. The highest BCUT2D eigenvalue weighted by Gasteiger charge is 2.25.